The Morgan fingerprint density at radius 1 is 1.05 bits per heavy atom. The van der Waals surface area contributed by atoms with Gasteiger partial charge in [0.25, 0.3) is 0 Å². The minimum Gasteiger partial charge on any atom is -0.497 e. The van der Waals surface area contributed by atoms with Gasteiger partial charge in [0.2, 0.25) is 0 Å². The van der Waals surface area contributed by atoms with Crippen molar-refractivity contribution in [2.24, 2.45) is 0 Å². The van der Waals surface area contributed by atoms with Gasteiger partial charge in [-0.1, -0.05) is 69.9 Å². The van der Waals surface area contributed by atoms with E-state index in [1.807, 2.05) is 31.0 Å². The number of aliphatic carboxylic acids is 1. The molecule has 1 heterocycles. The van der Waals surface area contributed by atoms with Crippen LogP contribution in [-0.2, 0) is 11.3 Å². The first-order chi connectivity index (χ1) is 20.8. The molecular formula is C35H46N2O4S2. The van der Waals surface area contributed by atoms with Crippen molar-refractivity contribution in [3.63, 3.8) is 0 Å². The van der Waals surface area contributed by atoms with E-state index in [2.05, 4.69) is 83.9 Å². The molecule has 232 valence electrons. The molecule has 1 atom stereocenters. The fourth-order valence-corrected chi connectivity index (χ4v) is 7.57. The Bertz CT molecular complexity index is 1310. The van der Waals surface area contributed by atoms with Gasteiger partial charge < -0.3 is 19.5 Å². The molecule has 1 N–H and O–H groups in total. The Kier molecular flexibility index (Phi) is 12.1. The Morgan fingerprint density at radius 3 is 2.30 bits per heavy atom. The molecule has 0 radical (unpaired) electrons. The highest BCUT2D eigenvalue weighted by molar-refractivity contribution is 7.98. The van der Waals surface area contributed by atoms with Crippen molar-refractivity contribution >= 4 is 41.1 Å². The third-order valence-corrected chi connectivity index (χ3v) is 10.1. The number of fused-ring (bicyclic) bond motifs is 1. The molecule has 0 fully saturated rings. The first-order valence-electron chi connectivity index (χ1n) is 15.3. The molecule has 0 aromatic heterocycles. The molecule has 0 saturated heterocycles. The van der Waals surface area contributed by atoms with Gasteiger partial charge in [-0.3, -0.25) is 4.79 Å². The molecule has 6 nitrogen and oxygen atoms in total. The van der Waals surface area contributed by atoms with Crippen LogP contribution in [0.25, 0.3) is 0 Å². The summed E-state index contributed by atoms with van der Waals surface area (Å²) in [5.41, 5.74) is 3.50. The van der Waals surface area contributed by atoms with Crippen molar-refractivity contribution in [1.29, 1.82) is 0 Å². The molecule has 0 amide bonds. The SMILES string of the molecule is CCCCC1(CCCC)CN(c2ccccc2)c2cc(SC)c(OC(C)CC(=O)O)cc2SN1Cc1ccc(OC)cc1. The van der Waals surface area contributed by atoms with Crippen LogP contribution in [0, 0.1) is 0 Å². The number of rotatable bonds is 15. The van der Waals surface area contributed by atoms with Crippen molar-refractivity contribution in [2.45, 2.75) is 93.7 Å². The molecule has 1 unspecified atom stereocenters. The van der Waals surface area contributed by atoms with E-state index < -0.39 is 12.1 Å². The summed E-state index contributed by atoms with van der Waals surface area (Å²) in [6, 6.07) is 23.5. The third-order valence-electron chi connectivity index (χ3n) is 8.06. The van der Waals surface area contributed by atoms with Crippen LogP contribution < -0.4 is 14.4 Å². The Morgan fingerprint density at radius 2 is 1.72 bits per heavy atom. The largest absolute Gasteiger partial charge is 0.497 e. The minimum atomic E-state index is -0.861. The Balaban J connectivity index is 1.88. The molecule has 43 heavy (non-hydrogen) atoms. The Labute approximate surface area is 266 Å². The second kappa shape index (κ2) is 15.8. The monoisotopic (exact) mass is 622 g/mol. The van der Waals surface area contributed by atoms with Gasteiger partial charge in [-0.25, -0.2) is 4.31 Å². The number of anilines is 2. The molecule has 8 heteroatoms. The lowest BCUT2D eigenvalue weighted by Crippen LogP contribution is -2.51. The lowest BCUT2D eigenvalue weighted by Gasteiger charge is -2.44. The maximum Gasteiger partial charge on any atom is 0.307 e. The van der Waals surface area contributed by atoms with Crippen LogP contribution in [0.3, 0.4) is 0 Å². The predicted molar refractivity (Wildman–Crippen MR) is 180 cm³/mol. The van der Waals surface area contributed by atoms with E-state index in [1.54, 1.807) is 18.9 Å². The lowest BCUT2D eigenvalue weighted by atomic mass is 9.85. The number of para-hydroxylation sites is 1. The quantitative estimate of drug-likeness (QED) is 0.133. The topological polar surface area (TPSA) is 62.2 Å². The molecule has 0 spiro atoms. The number of benzene rings is 3. The van der Waals surface area contributed by atoms with Gasteiger partial charge in [0.15, 0.2) is 0 Å². The van der Waals surface area contributed by atoms with Crippen molar-refractivity contribution in [2.75, 3.05) is 24.8 Å². The van der Waals surface area contributed by atoms with Gasteiger partial charge in [-0.2, -0.15) is 0 Å². The first-order valence-corrected chi connectivity index (χ1v) is 17.3. The fourth-order valence-electron chi connectivity index (χ4n) is 5.72. The zero-order valence-electron chi connectivity index (χ0n) is 26.2. The molecule has 4 rings (SSSR count). The van der Waals surface area contributed by atoms with E-state index in [9.17, 15) is 9.90 Å². The lowest BCUT2D eigenvalue weighted by molar-refractivity contribution is -0.138. The zero-order valence-corrected chi connectivity index (χ0v) is 27.8. The molecule has 1 aliphatic heterocycles. The number of unbranched alkanes of at least 4 members (excludes halogenated alkanes) is 2. The van der Waals surface area contributed by atoms with Crippen LogP contribution in [0.2, 0.25) is 0 Å². The molecule has 3 aromatic carbocycles. The summed E-state index contributed by atoms with van der Waals surface area (Å²) < 4.78 is 14.4. The summed E-state index contributed by atoms with van der Waals surface area (Å²) >= 11 is 3.45. The summed E-state index contributed by atoms with van der Waals surface area (Å²) in [7, 11) is 1.70. The van der Waals surface area contributed by atoms with Crippen molar-refractivity contribution < 1.29 is 19.4 Å². The van der Waals surface area contributed by atoms with E-state index >= 15 is 0 Å². The highest BCUT2D eigenvalue weighted by Crippen LogP contribution is 2.51. The standard InChI is InChI=1S/C35H46N2O4S2/c1-6-8-19-35(20-9-7-2)25-36(28-13-11-10-12-14-28)30-22-33(42-5)31(41-26(3)21-34(38)39)23-32(30)43-37(35)24-27-15-17-29(40-4)18-16-27/h10-18,22-23,26H,6-9,19-21,24-25H2,1-5H3,(H,38,39). The third kappa shape index (κ3) is 8.43. The number of ether oxygens (including phenoxy) is 2. The highest BCUT2D eigenvalue weighted by atomic mass is 32.2. The number of methoxy groups -OCH3 is 1. The van der Waals surface area contributed by atoms with Crippen molar-refractivity contribution in [1.82, 2.24) is 4.31 Å². The number of thioether (sulfide) groups is 1. The Hall–Kier alpha value is -2.81. The van der Waals surface area contributed by atoms with Crippen molar-refractivity contribution in [3.05, 3.63) is 72.3 Å². The van der Waals surface area contributed by atoms with Crippen LogP contribution in [0.1, 0.15) is 71.3 Å². The molecule has 0 aliphatic carbocycles. The van der Waals surface area contributed by atoms with E-state index in [1.165, 1.54) is 11.3 Å². The average molecular weight is 623 g/mol. The molecule has 0 saturated carbocycles. The number of hydrogen-bond donors (Lipinski definition) is 1. The number of nitrogens with zero attached hydrogens (tertiary/aromatic N) is 2. The van der Waals surface area contributed by atoms with Crippen LogP contribution >= 0.6 is 23.7 Å². The maximum absolute atomic E-state index is 11.4. The maximum atomic E-state index is 11.4. The van der Waals surface area contributed by atoms with Crippen LogP contribution in [0.5, 0.6) is 11.5 Å². The number of carboxylic acid groups (broad SMARTS) is 1. The van der Waals surface area contributed by atoms with Gasteiger partial charge in [0.1, 0.15) is 17.6 Å². The summed E-state index contributed by atoms with van der Waals surface area (Å²) in [5, 5.41) is 9.38. The van der Waals surface area contributed by atoms with Gasteiger partial charge in [0.05, 0.1) is 29.0 Å². The van der Waals surface area contributed by atoms with Gasteiger partial charge in [-0.15, -0.1) is 11.8 Å². The second-order valence-electron chi connectivity index (χ2n) is 11.3. The van der Waals surface area contributed by atoms with Crippen LogP contribution in [0.4, 0.5) is 11.4 Å². The predicted octanol–water partition coefficient (Wildman–Crippen LogP) is 9.44. The highest BCUT2D eigenvalue weighted by Gasteiger charge is 2.42. The summed E-state index contributed by atoms with van der Waals surface area (Å²) in [6.07, 6.45) is 8.35. The summed E-state index contributed by atoms with van der Waals surface area (Å²) in [6.45, 7) is 8.05. The number of hydrogen-bond acceptors (Lipinski definition) is 7. The van der Waals surface area contributed by atoms with Crippen molar-refractivity contribution in [3.8, 4) is 11.5 Å². The van der Waals surface area contributed by atoms with Gasteiger partial charge in [0, 0.05) is 24.3 Å². The van der Waals surface area contributed by atoms with Crippen LogP contribution in [-0.4, -0.2) is 46.9 Å². The summed E-state index contributed by atoms with van der Waals surface area (Å²) in [5.74, 6) is 0.734. The molecule has 3 aromatic rings. The van der Waals surface area contributed by atoms with Gasteiger partial charge in [-0.05, 0) is 79.9 Å². The molecular weight excluding hydrogens is 577 g/mol. The first kappa shape index (κ1) is 33.1. The van der Waals surface area contributed by atoms with E-state index in [4.69, 9.17) is 9.47 Å². The summed E-state index contributed by atoms with van der Waals surface area (Å²) in [4.78, 5) is 16.1. The minimum absolute atomic E-state index is 0.0467. The van der Waals surface area contributed by atoms with Gasteiger partial charge >= 0.3 is 5.97 Å². The average Bonchev–Trinajstić information content (AvgIpc) is 3.13. The normalized spacial score (nSPS) is 15.4. The van der Waals surface area contributed by atoms with Crippen LogP contribution in [0.15, 0.2) is 76.5 Å². The van der Waals surface area contributed by atoms with E-state index in [0.29, 0.717) is 0 Å². The molecule has 1 aliphatic rings. The second-order valence-corrected chi connectivity index (χ2v) is 13.2. The van der Waals surface area contributed by atoms with E-state index in [0.717, 1.165) is 78.6 Å². The van der Waals surface area contributed by atoms with E-state index in [-0.39, 0.29) is 12.0 Å². The number of carbonyl (C=O) groups is 1. The fraction of sp³-hybridized carbons (Fsp3) is 0.457. The molecule has 0 bridgehead atoms. The zero-order chi connectivity index (χ0) is 30.8. The number of carboxylic acids is 1. The smallest absolute Gasteiger partial charge is 0.307 e.